The fourth-order valence-electron chi connectivity index (χ4n) is 2.03. The molecule has 18 heavy (non-hydrogen) atoms. The number of benzene rings is 1. The van der Waals surface area contributed by atoms with Crippen LogP contribution in [-0.4, -0.2) is 24.8 Å². The van der Waals surface area contributed by atoms with Crippen LogP contribution in [0, 0.1) is 5.92 Å². The molecule has 3 nitrogen and oxygen atoms in total. The highest BCUT2D eigenvalue weighted by molar-refractivity contribution is 7.80. The lowest BCUT2D eigenvalue weighted by Gasteiger charge is -2.22. The Morgan fingerprint density at radius 2 is 1.94 bits per heavy atom. The van der Waals surface area contributed by atoms with Crippen LogP contribution in [-0.2, 0) is 11.2 Å². The molecule has 0 aliphatic carbocycles. The molecule has 1 fully saturated rings. The van der Waals surface area contributed by atoms with Gasteiger partial charge >= 0.3 is 0 Å². The standard InChI is InChI=1S/C14H19NO2S/c15-14(18)9-11-1-3-13(4-2-11)17-10-12-5-7-16-8-6-12/h1-4,12H,5-10H2,(H2,15,18). The van der Waals surface area contributed by atoms with Crippen LogP contribution in [0.25, 0.3) is 0 Å². The number of hydrogen-bond donors (Lipinski definition) is 1. The Kier molecular flexibility index (Phi) is 4.96. The Morgan fingerprint density at radius 1 is 1.28 bits per heavy atom. The second-order valence-corrected chi connectivity index (χ2v) is 5.18. The highest BCUT2D eigenvalue weighted by atomic mass is 32.1. The van der Waals surface area contributed by atoms with Gasteiger partial charge in [0.25, 0.3) is 0 Å². The van der Waals surface area contributed by atoms with E-state index in [0.717, 1.165) is 44.0 Å². The van der Waals surface area contributed by atoms with Gasteiger partial charge in [0.1, 0.15) is 5.75 Å². The van der Waals surface area contributed by atoms with Gasteiger partial charge in [0.15, 0.2) is 0 Å². The van der Waals surface area contributed by atoms with E-state index in [1.54, 1.807) is 0 Å². The van der Waals surface area contributed by atoms with Crippen molar-refractivity contribution in [3.05, 3.63) is 29.8 Å². The van der Waals surface area contributed by atoms with Crippen LogP contribution in [0.5, 0.6) is 5.75 Å². The van der Waals surface area contributed by atoms with Gasteiger partial charge in [0.05, 0.1) is 11.6 Å². The molecule has 98 valence electrons. The van der Waals surface area contributed by atoms with Gasteiger partial charge in [-0.1, -0.05) is 24.4 Å². The van der Waals surface area contributed by atoms with E-state index in [1.807, 2.05) is 24.3 Å². The van der Waals surface area contributed by atoms with Crippen molar-refractivity contribution >= 4 is 17.2 Å². The van der Waals surface area contributed by atoms with Crippen LogP contribution in [0.3, 0.4) is 0 Å². The van der Waals surface area contributed by atoms with E-state index in [4.69, 9.17) is 27.4 Å². The molecule has 1 aromatic carbocycles. The molecule has 2 N–H and O–H groups in total. The van der Waals surface area contributed by atoms with Crippen molar-refractivity contribution in [1.82, 2.24) is 0 Å². The maximum atomic E-state index is 5.79. The lowest BCUT2D eigenvalue weighted by Crippen LogP contribution is -2.21. The molecule has 0 saturated carbocycles. The third-order valence-corrected chi connectivity index (χ3v) is 3.27. The van der Waals surface area contributed by atoms with Gasteiger partial charge in [-0.05, 0) is 36.5 Å². The molecule has 1 saturated heterocycles. The minimum atomic E-state index is 0.519. The lowest BCUT2D eigenvalue weighted by molar-refractivity contribution is 0.0497. The van der Waals surface area contributed by atoms with E-state index in [-0.39, 0.29) is 0 Å². The van der Waals surface area contributed by atoms with E-state index in [1.165, 1.54) is 0 Å². The van der Waals surface area contributed by atoms with Crippen LogP contribution in [0.15, 0.2) is 24.3 Å². The molecule has 0 radical (unpaired) electrons. The Bertz CT molecular complexity index is 385. The molecule has 0 aromatic heterocycles. The van der Waals surface area contributed by atoms with E-state index >= 15 is 0 Å². The molecule has 1 aliphatic rings. The summed E-state index contributed by atoms with van der Waals surface area (Å²) in [4.78, 5) is 0.519. The summed E-state index contributed by atoms with van der Waals surface area (Å²) >= 11 is 4.88. The summed E-state index contributed by atoms with van der Waals surface area (Å²) in [5, 5.41) is 0. The van der Waals surface area contributed by atoms with Gasteiger partial charge in [0, 0.05) is 19.6 Å². The number of thiocarbonyl (C=S) groups is 1. The summed E-state index contributed by atoms with van der Waals surface area (Å²) in [6.07, 6.45) is 2.84. The van der Waals surface area contributed by atoms with Crippen LogP contribution >= 0.6 is 12.2 Å². The molecular weight excluding hydrogens is 246 g/mol. The van der Waals surface area contributed by atoms with Crippen LogP contribution in [0.1, 0.15) is 18.4 Å². The largest absolute Gasteiger partial charge is 0.493 e. The minimum Gasteiger partial charge on any atom is -0.493 e. The Balaban J connectivity index is 1.80. The first-order chi connectivity index (χ1) is 8.74. The zero-order valence-corrected chi connectivity index (χ0v) is 11.2. The molecule has 0 bridgehead atoms. The first-order valence-corrected chi connectivity index (χ1v) is 6.72. The normalized spacial score (nSPS) is 16.4. The lowest BCUT2D eigenvalue weighted by atomic mass is 10.0. The monoisotopic (exact) mass is 265 g/mol. The van der Waals surface area contributed by atoms with Gasteiger partial charge in [-0.15, -0.1) is 0 Å². The molecule has 0 unspecified atom stereocenters. The van der Waals surface area contributed by atoms with Crippen molar-refractivity contribution in [2.24, 2.45) is 11.7 Å². The van der Waals surface area contributed by atoms with Gasteiger partial charge in [-0.2, -0.15) is 0 Å². The Labute approximate surface area is 113 Å². The predicted molar refractivity (Wildman–Crippen MR) is 76.0 cm³/mol. The van der Waals surface area contributed by atoms with Crippen molar-refractivity contribution < 1.29 is 9.47 Å². The maximum absolute atomic E-state index is 5.79. The molecule has 0 atom stereocenters. The van der Waals surface area contributed by atoms with Crippen molar-refractivity contribution in [2.45, 2.75) is 19.3 Å². The van der Waals surface area contributed by atoms with E-state index in [2.05, 4.69) is 0 Å². The molecule has 4 heteroatoms. The number of nitrogens with two attached hydrogens (primary N) is 1. The first-order valence-electron chi connectivity index (χ1n) is 6.32. The van der Waals surface area contributed by atoms with E-state index in [0.29, 0.717) is 17.3 Å². The predicted octanol–water partition coefficient (Wildman–Crippen LogP) is 2.32. The fourth-order valence-corrected chi connectivity index (χ4v) is 2.20. The molecule has 0 spiro atoms. The Morgan fingerprint density at radius 3 is 2.56 bits per heavy atom. The van der Waals surface area contributed by atoms with Gasteiger partial charge in [-0.25, -0.2) is 0 Å². The third kappa shape index (κ3) is 4.27. The first kappa shape index (κ1) is 13.3. The van der Waals surface area contributed by atoms with E-state index in [9.17, 15) is 0 Å². The summed E-state index contributed by atoms with van der Waals surface area (Å²) in [6.45, 7) is 2.50. The molecule has 0 amide bonds. The van der Waals surface area contributed by atoms with Crippen LogP contribution in [0.2, 0.25) is 0 Å². The quantitative estimate of drug-likeness (QED) is 0.830. The Hall–Kier alpha value is -1.13. The summed E-state index contributed by atoms with van der Waals surface area (Å²) < 4.78 is 11.1. The zero-order chi connectivity index (χ0) is 12.8. The summed E-state index contributed by atoms with van der Waals surface area (Å²) in [5.41, 5.74) is 6.63. The second kappa shape index (κ2) is 6.71. The highest BCUT2D eigenvalue weighted by Gasteiger charge is 2.14. The smallest absolute Gasteiger partial charge is 0.119 e. The van der Waals surface area contributed by atoms with Gasteiger partial charge in [-0.3, -0.25) is 0 Å². The van der Waals surface area contributed by atoms with Crippen molar-refractivity contribution in [3.8, 4) is 5.75 Å². The molecular formula is C14H19NO2S. The fraction of sp³-hybridized carbons (Fsp3) is 0.500. The van der Waals surface area contributed by atoms with Gasteiger partial charge in [0.2, 0.25) is 0 Å². The van der Waals surface area contributed by atoms with Crippen molar-refractivity contribution in [2.75, 3.05) is 19.8 Å². The van der Waals surface area contributed by atoms with Gasteiger partial charge < -0.3 is 15.2 Å². The summed E-state index contributed by atoms with van der Waals surface area (Å²) in [6, 6.07) is 7.98. The SMILES string of the molecule is NC(=S)Cc1ccc(OCC2CCOCC2)cc1. The number of hydrogen-bond acceptors (Lipinski definition) is 3. The van der Waals surface area contributed by atoms with Crippen molar-refractivity contribution in [3.63, 3.8) is 0 Å². The van der Waals surface area contributed by atoms with Crippen LogP contribution in [0.4, 0.5) is 0 Å². The number of ether oxygens (including phenoxy) is 2. The topological polar surface area (TPSA) is 44.5 Å². The number of rotatable bonds is 5. The third-order valence-electron chi connectivity index (χ3n) is 3.13. The highest BCUT2D eigenvalue weighted by Crippen LogP contribution is 2.18. The molecule has 1 heterocycles. The van der Waals surface area contributed by atoms with E-state index < -0.39 is 0 Å². The minimum absolute atomic E-state index is 0.519. The van der Waals surface area contributed by atoms with Crippen LogP contribution < -0.4 is 10.5 Å². The summed E-state index contributed by atoms with van der Waals surface area (Å²) in [5.74, 6) is 1.53. The molecule has 1 aromatic rings. The molecule has 1 aliphatic heterocycles. The average Bonchev–Trinajstić information content (AvgIpc) is 2.38. The average molecular weight is 265 g/mol. The zero-order valence-electron chi connectivity index (χ0n) is 10.4. The maximum Gasteiger partial charge on any atom is 0.119 e. The van der Waals surface area contributed by atoms with Crippen molar-refractivity contribution in [1.29, 1.82) is 0 Å². The molecule has 2 rings (SSSR count). The second-order valence-electron chi connectivity index (χ2n) is 4.65. The summed E-state index contributed by atoms with van der Waals surface area (Å²) in [7, 11) is 0.